The fraction of sp³-hybridized carbons (Fsp3) is 0.586. The fourth-order valence-electron chi connectivity index (χ4n) is 4.98. The van der Waals surface area contributed by atoms with Crippen LogP contribution < -0.4 is 29.0 Å². The second-order valence-electron chi connectivity index (χ2n) is 9.60. The van der Waals surface area contributed by atoms with Crippen LogP contribution in [0.1, 0.15) is 37.8 Å². The van der Waals surface area contributed by atoms with Gasteiger partial charge in [0.05, 0.1) is 35.5 Å². The van der Waals surface area contributed by atoms with Gasteiger partial charge in [0, 0.05) is 18.5 Å². The molecule has 1 unspecified atom stereocenters. The van der Waals surface area contributed by atoms with Crippen LogP contribution in [0.2, 0.25) is 0 Å². The number of nitrogens with zero attached hydrogens (tertiary/aromatic N) is 1. The van der Waals surface area contributed by atoms with E-state index in [9.17, 15) is 0 Å². The van der Waals surface area contributed by atoms with E-state index in [1.807, 2.05) is 13.1 Å². The van der Waals surface area contributed by atoms with E-state index >= 15 is 0 Å². The number of likely N-dealkylation sites (N-methyl/N-ethyl adjacent to an activating group) is 2. The molecule has 0 aliphatic heterocycles. The van der Waals surface area contributed by atoms with Crippen LogP contribution in [-0.2, 0) is 11.8 Å². The maximum absolute atomic E-state index is 5.67. The van der Waals surface area contributed by atoms with Crippen molar-refractivity contribution in [1.82, 2.24) is 10.2 Å². The van der Waals surface area contributed by atoms with E-state index in [1.54, 1.807) is 35.5 Å². The molecule has 2 aromatic carbocycles. The summed E-state index contributed by atoms with van der Waals surface area (Å²) in [5.74, 6) is 3.96. The van der Waals surface area contributed by atoms with Crippen molar-refractivity contribution in [2.45, 2.75) is 38.5 Å². The highest BCUT2D eigenvalue weighted by molar-refractivity contribution is 5.85. The van der Waals surface area contributed by atoms with Crippen LogP contribution in [0.25, 0.3) is 0 Å². The first-order valence-electron chi connectivity index (χ1n) is 12.6. The third-order valence-corrected chi connectivity index (χ3v) is 7.23. The summed E-state index contributed by atoms with van der Waals surface area (Å²) in [5, 5.41) is 3.45. The van der Waals surface area contributed by atoms with Crippen LogP contribution >= 0.6 is 24.8 Å². The molecule has 38 heavy (non-hydrogen) atoms. The van der Waals surface area contributed by atoms with Crippen LogP contribution in [0.4, 0.5) is 0 Å². The van der Waals surface area contributed by atoms with Crippen molar-refractivity contribution in [2.75, 3.05) is 69.3 Å². The van der Waals surface area contributed by atoms with Crippen LogP contribution in [0.3, 0.4) is 0 Å². The lowest BCUT2D eigenvalue weighted by molar-refractivity contribution is 0.243. The molecule has 0 amide bonds. The molecule has 0 aliphatic rings. The number of nitrogens with one attached hydrogen (secondary N) is 1. The molecule has 0 fully saturated rings. The van der Waals surface area contributed by atoms with Crippen LogP contribution in [-0.4, -0.2) is 74.2 Å². The summed E-state index contributed by atoms with van der Waals surface area (Å²) >= 11 is 0. The van der Waals surface area contributed by atoms with Crippen molar-refractivity contribution in [1.29, 1.82) is 0 Å². The first kappa shape index (κ1) is 35.9. The lowest BCUT2D eigenvalue weighted by Crippen LogP contribution is -2.42. The number of hydrogen-bond acceptors (Lipinski definition) is 7. The quantitative estimate of drug-likeness (QED) is 0.278. The SMILES string of the molecule is CNCC(CCCN(C)CCc1ccc(OC)c(OC)c1)(c1cc(OC)c(OC)c(OC)c1)C(C)C.Cl.Cl. The Balaban J connectivity index is 0.00000684. The predicted molar refractivity (Wildman–Crippen MR) is 161 cm³/mol. The Morgan fingerprint density at radius 3 is 1.84 bits per heavy atom. The lowest BCUT2D eigenvalue weighted by Gasteiger charge is -2.39. The molecule has 2 rings (SSSR count). The summed E-state index contributed by atoms with van der Waals surface area (Å²) in [4.78, 5) is 2.40. The molecule has 0 saturated heterocycles. The molecular formula is C29H48Cl2N2O5. The number of halogens is 2. The third-order valence-electron chi connectivity index (χ3n) is 7.23. The zero-order valence-electron chi connectivity index (χ0n) is 24.5. The Labute approximate surface area is 242 Å². The van der Waals surface area contributed by atoms with E-state index in [0.717, 1.165) is 50.4 Å². The monoisotopic (exact) mass is 574 g/mol. The Bertz CT molecular complexity index is 936. The molecule has 9 heteroatoms. The van der Waals surface area contributed by atoms with Crippen molar-refractivity contribution in [3.05, 3.63) is 41.5 Å². The van der Waals surface area contributed by atoms with Gasteiger partial charge >= 0.3 is 0 Å². The number of rotatable bonds is 16. The molecule has 1 N–H and O–H groups in total. The molecular weight excluding hydrogens is 527 g/mol. The largest absolute Gasteiger partial charge is 0.493 e. The summed E-state index contributed by atoms with van der Waals surface area (Å²) < 4.78 is 27.7. The zero-order chi connectivity index (χ0) is 26.7. The number of benzene rings is 2. The smallest absolute Gasteiger partial charge is 0.203 e. The van der Waals surface area contributed by atoms with Gasteiger partial charge < -0.3 is 33.9 Å². The van der Waals surface area contributed by atoms with E-state index < -0.39 is 0 Å². The Morgan fingerprint density at radius 2 is 1.37 bits per heavy atom. The maximum atomic E-state index is 5.67. The van der Waals surface area contributed by atoms with Gasteiger partial charge in [-0.1, -0.05) is 19.9 Å². The molecule has 0 saturated carbocycles. The van der Waals surface area contributed by atoms with Crippen LogP contribution in [0.15, 0.2) is 30.3 Å². The molecule has 1 atom stereocenters. The Kier molecular flexibility index (Phi) is 16.6. The molecule has 2 aromatic rings. The van der Waals surface area contributed by atoms with Crippen molar-refractivity contribution >= 4 is 24.8 Å². The van der Waals surface area contributed by atoms with Crippen LogP contribution in [0.5, 0.6) is 28.7 Å². The van der Waals surface area contributed by atoms with Crippen molar-refractivity contribution in [3.63, 3.8) is 0 Å². The maximum Gasteiger partial charge on any atom is 0.203 e. The van der Waals surface area contributed by atoms with Crippen molar-refractivity contribution in [2.24, 2.45) is 5.92 Å². The number of ether oxygens (including phenoxy) is 5. The van der Waals surface area contributed by atoms with Gasteiger partial charge in [0.2, 0.25) is 5.75 Å². The first-order valence-corrected chi connectivity index (χ1v) is 12.6. The van der Waals surface area contributed by atoms with E-state index in [4.69, 9.17) is 23.7 Å². The minimum Gasteiger partial charge on any atom is -0.493 e. The van der Waals surface area contributed by atoms with Gasteiger partial charge in [0.15, 0.2) is 23.0 Å². The van der Waals surface area contributed by atoms with Gasteiger partial charge in [-0.25, -0.2) is 0 Å². The predicted octanol–water partition coefficient (Wildman–Crippen LogP) is 5.64. The minimum absolute atomic E-state index is 0. The molecule has 0 aromatic heterocycles. The molecule has 0 heterocycles. The summed E-state index contributed by atoms with van der Waals surface area (Å²) in [7, 11) is 12.5. The highest BCUT2D eigenvalue weighted by Gasteiger charge is 2.36. The van der Waals surface area contributed by atoms with Gasteiger partial charge in [-0.05, 0) is 81.2 Å². The van der Waals surface area contributed by atoms with E-state index in [-0.39, 0.29) is 30.2 Å². The van der Waals surface area contributed by atoms with Crippen LogP contribution in [0, 0.1) is 5.92 Å². The Hall–Kier alpha value is -2.06. The lowest BCUT2D eigenvalue weighted by atomic mass is 9.68. The molecule has 218 valence electrons. The van der Waals surface area contributed by atoms with Gasteiger partial charge in [-0.3, -0.25) is 0 Å². The molecule has 0 bridgehead atoms. The summed E-state index contributed by atoms with van der Waals surface area (Å²) in [6, 6.07) is 10.4. The normalized spacial score (nSPS) is 12.3. The number of methoxy groups -OCH3 is 5. The molecule has 0 spiro atoms. The standard InChI is InChI=1S/C29H46N2O5.2ClH/c1-21(2)29(20-30-3,23-18-26(34-7)28(36-9)27(19-23)35-8)14-10-15-31(4)16-13-22-11-12-24(32-5)25(17-22)33-6;;/h11-12,17-19,21,30H,10,13-16,20H2,1-9H3;2*1H. The topological polar surface area (TPSA) is 61.4 Å². The molecule has 0 aliphatic carbocycles. The third kappa shape index (κ3) is 8.73. The average molecular weight is 576 g/mol. The second-order valence-corrected chi connectivity index (χ2v) is 9.60. The van der Waals surface area contributed by atoms with E-state index in [2.05, 4.69) is 55.4 Å². The zero-order valence-corrected chi connectivity index (χ0v) is 26.1. The second kappa shape index (κ2) is 17.5. The summed E-state index contributed by atoms with van der Waals surface area (Å²) in [6.07, 6.45) is 3.05. The minimum atomic E-state index is -0.0776. The highest BCUT2D eigenvalue weighted by Crippen LogP contribution is 2.45. The van der Waals surface area contributed by atoms with Gasteiger partial charge in [0.25, 0.3) is 0 Å². The fourth-order valence-corrected chi connectivity index (χ4v) is 4.98. The van der Waals surface area contributed by atoms with E-state index in [0.29, 0.717) is 23.2 Å². The summed E-state index contributed by atoms with van der Waals surface area (Å²) in [5.41, 5.74) is 2.36. The first-order chi connectivity index (χ1) is 17.3. The molecule has 0 radical (unpaired) electrons. The van der Waals surface area contributed by atoms with Gasteiger partial charge in [-0.15, -0.1) is 24.8 Å². The summed E-state index contributed by atoms with van der Waals surface area (Å²) in [6.45, 7) is 7.43. The van der Waals surface area contributed by atoms with E-state index in [1.165, 1.54) is 11.1 Å². The average Bonchev–Trinajstić information content (AvgIpc) is 2.89. The Morgan fingerprint density at radius 1 is 0.789 bits per heavy atom. The highest BCUT2D eigenvalue weighted by atomic mass is 35.5. The van der Waals surface area contributed by atoms with Gasteiger partial charge in [0.1, 0.15) is 0 Å². The van der Waals surface area contributed by atoms with Gasteiger partial charge in [-0.2, -0.15) is 0 Å². The molecule has 7 nitrogen and oxygen atoms in total. The number of hydrogen-bond donors (Lipinski definition) is 1. The van der Waals surface area contributed by atoms with Crippen molar-refractivity contribution in [3.8, 4) is 28.7 Å². The van der Waals surface area contributed by atoms with Crippen molar-refractivity contribution < 1.29 is 23.7 Å².